The fourth-order valence-electron chi connectivity index (χ4n) is 3.84. The van der Waals surface area contributed by atoms with E-state index in [0.29, 0.717) is 6.10 Å². The Hall–Kier alpha value is -0.810. The maximum Gasteiger partial charge on any atom is 0.0935 e. The fraction of sp³-hybridized carbons (Fsp3) is 0.647. The number of nitrogens with one attached hydrogen (secondary N) is 1. The first-order valence-corrected chi connectivity index (χ1v) is 8.72. The Labute approximate surface area is 137 Å². The summed E-state index contributed by atoms with van der Waals surface area (Å²) in [4.78, 5) is 4.98. The van der Waals surface area contributed by atoms with E-state index < -0.39 is 0 Å². The minimum Gasteiger partial charge on any atom is -0.369 e. The van der Waals surface area contributed by atoms with Crippen LogP contribution in [0.25, 0.3) is 0 Å². The number of benzene rings is 1. The lowest BCUT2D eigenvalue weighted by Crippen LogP contribution is -2.59. The predicted molar refractivity (Wildman–Crippen MR) is 89.8 cm³/mol. The average Bonchev–Trinajstić information content (AvgIpc) is 2.93. The summed E-state index contributed by atoms with van der Waals surface area (Å²) < 4.78 is 6.28. The first-order valence-electron chi connectivity index (χ1n) is 8.34. The number of ether oxygens (including phenoxy) is 1. The normalized spacial score (nSPS) is 28.0. The maximum atomic E-state index is 6.28. The van der Waals surface area contributed by atoms with Crippen molar-refractivity contribution in [3.05, 3.63) is 29.3 Å². The third kappa shape index (κ3) is 2.98. The summed E-state index contributed by atoms with van der Waals surface area (Å²) in [6.07, 6.45) is 2.88. The maximum absolute atomic E-state index is 6.28. The van der Waals surface area contributed by atoms with Crippen LogP contribution in [0.3, 0.4) is 0 Å². The summed E-state index contributed by atoms with van der Waals surface area (Å²) in [5.74, 6) is 0. The molecular weight excluding hydrogens is 298 g/mol. The number of rotatable bonds is 3. The summed E-state index contributed by atoms with van der Waals surface area (Å²) in [6.45, 7) is 7.54. The quantitative estimate of drug-likeness (QED) is 0.921. The van der Waals surface area contributed by atoms with Gasteiger partial charge in [-0.1, -0.05) is 17.7 Å². The summed E-state index contributed by atoms with van der Waals surface area (Å²) in [5.41, 5.74) is 1.43. The highest BCUT2D eigenvalue weighted by Gasteiger charge is 2.45. The molecule has 4 nitrogen and oxygen atoms in total. The Morgan fingerprint density at radius 1 is 1.23 bits per heavy atom. The number of piperazine rings is 1. The van der Waals surface area contributed by atoms with Crippen molar-refractivity contribution in [2.24, 2.45) is 0 Å². The second-order valence-electron chi connectivity index (χ2n) is 6.83. The van der Waals surface area contributed by atoms with Gasteiger partial charge >= 0.3 is 0 Å². The fourth-order valence-corrected chi connectivity index (χ4v) is 4.02. The molecule has 3 heterocycles. The number of hydrogen-bond acceptors (Lipinski definition) is 4. The molecule has 1 N–H and O–H groups in total. The van der Waals surface area contributed by atoms with E-state index in [2.05, 4.69) is 27.2 Å². The van der Waals surface area contributed by atoms with Crippen LogP contribution in [0, 0.1) is 0 Å². The smallest absolute Gasteiger partial charge is 0.0935 e. The highest BCUT2D eigenvalue weighted by Crippen LogP contribution is 2.34. The molecule has 22 heavy (non-hydrogen) atoms. The van der Waals surface area contributed by atoms with Gasteiger partial charge in [-0.05, 0) is 31.0 Å². The van der Waals surface area contributed by atoms with Gasteiger partial charge in [0.15, 0.2) is 0 Å². The van der Waals surface area contributed by atoms with Crippen LogP contribution >= 0.6 is 11.6 Å². The molecule has 3 fully saturated rings. The van der Waals surface area contributed by atoms with Gasteiger partial charge in [0.1, 0.15) is 0 Å². The molecule has 1 atom stereocenters. The van der Waals surface area contributed by atoms with E-state index in [1.54, 1.807) is 0 Å². The van der Waals surface area contributed by atoms with Crippen LogP contribution in [-0.4, -0.2) is 62.4 Å². The van der Waals surface area contributed by atoms with Crippen molar-refractivity contribution < 1.29 is 4.74 Å². The molecule has 3 aliphatic heterocycles. The van der Waals surface area contributed by atoms with Gasteiger partial charge in [-0.3, -0.25) is 4.90 Å². The highest BCUT2D eigenvalue weighted by molar-refractivity contribution is 6.30. The third-order valence-electron chi connectivity index (χ3n) is 5.24. The standard InChI is InChI=1S/C17H24ClN3O/c18-14-2-1-3-15(10-14)21-8-6-20(7-9-21)11-16-4-5-17(22-16)12-19-13-17/h1-3,10,16,19H,4-9,11-13H2/t16-/m1/s1. The van der Waals surface area contributed by atoms with Gasteiger partial charge in [-0.15, -0.1) is 0 Å². The Balaban J connectivity index is 1.27. The lowest BCUT2D eigenvalue weighted by Gasteiger charge is -2.40. The zero-order chi connectivity index (χ0) is 15.0. The predicted octanol–water partition coefficient (Wildman–Crippen LogP) is 1.98. The molecular formula is C17H24ClN3O. The van der Waals surface area contributed by atoms with Crippen LogP contribution in [0.15, 0.2) is 24.3 Å². The molecule has 5 heteroatoms. The number of hydrogen-bond donors (Lipinski definition) is 1. The van der Waals surface area contributed by atoms with Crippen LogP contribution in [0.1, 0.15) is 12.8 Å². The molecule has 0 saturated carbocycles. The van der Waals surface area contributed by atoms with Gasteiger partial charge in [0.2, 0.25) is 0 Å². The number of halogens is 1. The Morgan fingerprint density at radius 3 is 2.68 bits per heavy atom. The van der Waals surface area contributed by atoms with Crippen molar-refractivity contribution in [2.75, 3.05) is 50.7 Å². The topological polar surface area (TPSA) is 27.7 Å². The molecule has 3 saturated heterocycles. The molecule has 120 valence electrons. The van der Waals surface area contributed by atoms with Crippen molar-refractivity contribution in [1.29, 1.82) is 0 Å². The van der Waals surface area contributed by atoms with Crippen LogP contribution in [0.5, 0.6) is 0 Å². The van der Waals surface area contributed by atoms with Gasteiger partial charge in [0.05, 0.1) is 11.7 Å². The van der Waals surface area contributed by atoms with E-state index in [9.17, 15) is 0 Å². The molecule has 0 amide bonds. The van der Waals surface area contributed by atoms with E-state index in [1.807, 2.05) is 12.1 Å². The van der Waals surface area contributed by atoms with E-state index in [0.717, 1.165) is 50.8 Å². The van der Waals surface area contributed by atoms with E-state index in [1.165, 1.54) is 18.5 Å². The molecule has 1 aromatic rings. The second-order valence-corrected chi connectivity index (χ2v) is 7.27. The lowest BCUT2D eigenvalue weighted by molar-refractivity contribution is -0.0809. The Kier molecular flexibility index (Phi) is 4.03. The summed E-state index contributed by atoms with van der Waals surface area (Å²) in [5, 5.41) is 4.16. The van der Waals surface area contributed by atoms with Gasteiger partial charge in [-0.25, -0.2) is 0 Å². The first kappa shape index (κ1) is 14.8. The molecule has 0 unspecified atom stereocenters. The van der Waals surface area contributed by atoms with Gasteiger partial charge in [0, 0.05) is 56.5 Å². The molecule has 0 radical (unpaired) electrons. The average molecular weight is 322 g/mol. The number of nitrogens with zero attached hydrogens (tertiary/aromatic N) is 2. The second kappa shape index (κ2) is 6.00. The SMILES string of the molecule is Clc1cccc(N2CCN(C[C@H]3CCC4(CNC4)O3)CC2)c1. The van der Waals surface area contributed by atoms with Crippen LogP contribution in [0.2, 0.25) is 5.02 Å². The van der Waals surface area contributed by atoms with Gasteiger partial charge in [-0.2, -0.15) is 0 Å². The number of anilines is 1. The van der Waals surface area contributed by atoms with Gasteiger partial charge in [0.25, 0.3) is 0 Å². The summed E-state index contributed by atoms with van der Waals surface area (Å²) in [7, 11) is 0. The molecule has 3 aliphatic rings. The van der Waals surface area contributed by atoms with E-state index in [4.69, 9.17) is 16.3 Å². The first-order chi connectivity index (χ1) is 10.7. The Morgan fingerprint density at radius 2 is 2.05 bits per heavy atom. The van der Waals surface area contributed by atoms with E-state index in [-0.39, 0.29) is 5.60 Å². The molecule has 1 aromatic carbocycles. The summed E-state index contributed by atoms with van der Waals surface area (Å²) in [6, 6.07) is 8.17. The van der Waals surface area contributed by atoms with Crippen molar-refractivity contribution in [1.82, 2.24) is 10.2 Å². The minimum absolute atomic E-state index is 0.188. The third-order valence-corrected chi connectivity index (χ3v) is 5.48. The van der Waals surface area contributed by atoms with Crippen LogP contribution in [-0.2, 0) is 4.74 Å². The van der Waals surface area contributed by atoms with Crippen molar-refractivity contribution in [2.45, 2.75) is 24.5 Å². The minimum atomic E-state index is 0.188. The van der Waals surface area contributed by atoms with E-state index >= 15 is 0 Å². The van der Waals surface area contributed by atoms with Crippen molar-refractivity contribution >= 4 is 17.3 Å². The lowest BCUT2D eigenvalue weighted by atomic mass is 9.93. The molecule has 1 spiro atoms. The summed E-state index contributed by atoms with van der Waals surface area (Å²) >= 11 is 6.09. The van der Waals surface area contributed by atoms with Crippen LogP contribution < -0.4 is 10.2 Å². The molecule has 0 aliphatic carbocycles. The monoisotopic (exact) mass is 321 g/mol. The molecule has 0 bridgehead atoms. The van der Waals surface area contributed by atoms with Crippen molar-refractivity contribution in [3.8, 4) is 0 Å². The Bertz CT molecular complexity index is 526. The largest absolute Gasteiger partial charge is 0.369 e. The zero-order valence-electron chi connectivity index (χ0n) is 12.9. The molecule has 4 rings (SSSR count). The van der Waals surface area contributed by atoms with Crippen LogP contribution in [0.4, 0.5) is 5.69 Å². The van der Waals surface area contributed by atoms with Crippen molar-refractivity contribution in [3.63, 3.8) is 0 Å². The highest BCUT2D eigenvalue weighted by atomic mass is 35.5. The van der Waals surface area contributed by atoms with Gasteiger partial charge < -0.3 is 15.0 Å². The molecule has 0 aromatic heterocycles. The zero-order valence-corrected chi connectivity index (χ0v) is 13.7.